The molecule has 0 spiro atoms. The summed E-state index contributed by atoms with van der Waals surface area (Å²) in [5.74, 6) is 0.480. The molecule has 0 unspecified atom stereocenters. The van der Waals surface area contributed by atoms with Crippen LogP contribution in [0.15, 0.2) is 59.5 Å². The lowest BCUT2D eigenvalue weighted by molar-refractivity contribution is 1.11. The summed E-state index contributed by atoms with van der Waals surface area (Å²) in [6, 6.07) is 14.9. The van der Waals surface area contributed by atoms with E-state index < -0.39 is 0 Å². The van der Waals surface area contributed by atoms with Gasteiger partial charge < -0.3 is 4.98 Å². The molecule has 0 radical (unpaired) electrons. The SMILES string of the molecule is Cc1ccc(-c2cc(=O)[nH]c(-c3ccccn3)n2)cc1. The number of aromatic nitrogens is 3. The van der Waals surface area contributed by atoms with E-state index >= 15 is 0 Å². The molecular weight excluding hydrogens is 250 g/mol. The molecule has 2 heterocycles. The second kappa shape index (κ2) is 5.09. The van der Waals surface area contributed by atoms with Crippen molar-refractivity contribution in [2.24, 2.45) is 0 Å². The van der Waals surface area contributed by atoms with Gasteiger partial charge in [-0.2, -0.15) is 0 Å². The summed E-state index contributed by atoms with van der Waals surface area (Å²) >= 11 is 0. The van der Waals surface area contributed by atoms with Gasteiger partial charge in [0.05, 0.1) is 5.69 Å². The molecule has 0 aliphatic heterocycles. The summed E-state index contributed by atoms with van der Waals surface area (Å²) in [4.78, 5) is 23.2. The number of hydrogen-bond acceptors (Lipinski definition) is 3. The van der Waals surface area contributed by atoms with Crippen molar-refractivity contribution in [3.63, 3.8) is 0 Å². The molecule has 4 nitrogen and oxygen atoms in total. The van der Waals surface area contributed by atoms with Gasteiger partial charge in [0, 0.05) is 17.8 Å². The van der Waals surface area contributed by atoms with Crippen LogP contribution < -0.4 is 5.56 Å². The minimum absolute atomic E-state index is 0.184. The van der Waals surface area contributed by atoms with Gasteiger partial charge in [-0.3, -0.25) is 9.78 Å². The normalized spacial score (nSPS) is 10.4. The first-order valence-corrected chi connectivity index (χ1v) is 6.32. The van der Waals surface area contributed by atoms with Gasteiger partial charge in [-0.05, 0) is 19.1 Å². The van der Waals surface area contributed by atoms with Crippen LogP contribution in [0, 0.1) is 6.92 Å². The predicted octanol–water partition coefficient (Wildman–Crippen LogP) is 2.81. The monoisotopic (exact) mass is 263 g/mol. The molecule has 1 N–H and O–H groups in total. The Morgan fingerprint density at radius 3 is 2.50 bits per heavy atom. The van der Waals surface area contributed by atoms with E-state index in [0.29, 0.717) is 17.2 Å². The highest BCUT2D eigenvalue weighted by Crippen LogP contribution is 2.18. The van der Waals surface area contributed by atoms with Gasteiger partial charge in [-0.15, -0.1) is 0 Å². The molecule has 2 aromatic heterocycles. The van der Waals surface area contributed by atoms with Crippen LogP contribution in [0.3, 0.4) is 0 Å². The van der Waals surface area contributed by atoms with E-state index in [1.54, 1.807) is 6.20 Å². The highest BCUT2D eigenvalue weighted by Gasteiger charge is 2.06. The number of nitrogens with one attached hydrogen (secondary N) is 1. The Balaban J connectivity index is 2.12. The van der Waals surface area contributed by atoms with Crippen LogP contribution in [0.2, 0.25) is 0 Å². The van der Waals surface area contributed by atoms with Gasteiger partial charge in [-0.1, -0.05) is 35.9 Å². The first kappa shape index (κ1) is 12.3. The quantitative estimate of drug-likeness (QED) is 0.773. The Hall–Kier alpha value is -2.75. The lowest BCUT2D eigenvalue weighted by atomic mass is 10.1. The molecule has 0 saturated heterocycles. The highest BCUT2D eigenvalue weighted by atomic mass is 16.1. The molecule has 0 amide bonds. The maximum absolute atomic E-state index is 11.8. The molecule has 0 atom stereocenters. The van der Waals surface area contributed by atoms with Crippen molar-refractivity contribution >= 4 is 0 Å². The zero-order valence-corrected chi connectivity index (χ0v) is 11.0. The van der Waals surface area contributed by atoms with Gasteiger partial charge in [-0.25, -0.2) is 4.98 Å². The topological polar surface area (TPSA) is 58.6 Å². The average molecular weight is 263 g/mol. The first-order chi connectivity index (χ1) is 9.72. The van der Waals surface area contributed by atoms with Crippen molar-refractivity contribution in [2.45, 2.75) is 6.92 Å². The van der Waals surface area contributed by atoms with Crippen LogP contribution in [-0.2, 0) is 0 Å². The van der Waals surface area contributed by atoms with Crippen molar-refractivity contribution in [3.05, 3.63) is 70.6 Å². The Bertz CT molecular complexity index is 777. The number of nitrogens with zero attached hydrogens (tertiary/aromatic N) is 2. The lowest BCUT2D eigenvalue weighted by Crippen LogP contribution is -2.09. The van der Waals surface area contributed by atoms with Crippen LogP contribution in [-0.4, -0.2) is 15.0 Å². The number of pyridine rings is 1. The van der Waals surface area contributed by atoms with E-state index in [1.807, 2.05) is 49.4 Å². The predicted molar refractivity (Wildman–Crippen MR) is 78.3 cm³/mol. The van der Waals surface area contributed by atoms with Crippen molar-refractivity contribution < 1.29 is 0 Å². The molecule has 3 aromatic rings. The van der Waals surface area contributed by atoms with Crippen LogP contribution in [0.25, 0.3) is 22.8 Å². The third-order valence-corrected chi connectivity index (χ3v) is 3.00. The fraction of sp³-hybridized carbons (Fsp3) is 0.0625. The molecule has 20 heavy (non-hydrogen) atoms. The van der Waals surface area contributed by atoms with Crippen LogP contribution in [0.5, 0.6) is 0 Å². The Morgan fingerprint density at radius 2 is 1.80 bits per heavy atom. The Kier molecular flexibility index (Phi) is 3.13. The molecule has 0 saturated carbocycles. The lowest BCUT2D eigenvalue weighted by Gasteiger charge is -2.04. The van der Waals surface area contributed by atoms with E-state index in [1.165, 1.54) is 11.6 Å². The number of rotatable bonds is 2. The fourth-order valence-electron chi connectivity index (χ4n) is 1.95. The number of benzene rings is 1. The summed E-state index contributed by atoms with van der Waals surface area (Å²) in [6.45, 7) is 2.02. The third kappa shape index (κ3) is 2.49. The zero-order chi connectivity index (χ0) is 13.9. The molecule has 1 aromatic carbocycles. The van der Waals surface area contributed by atoms with Gasteiger partial charge >= 0.3 is 0 Å². The first-order valence-electron chi connectivity index (χ1n) is 6.32. The minimum Gasteiger partial charge on any atom is -0.305 e. The van der Waals surface area contributed by atoms with Crippen molar-refractivity contribution in [1.29, 1.82) is 0 Å². The van der Waals surface area contributed by atoms with Gasteiger partial charge in [0.25, 0.3) is 5.56 Å². The van der Waals surface area contributed by atoms with E-state index in [-0.39, 0.29) is 5.56 Å². The van der Waals surface area contributed by atoms with Crippen molar-refractivity contribution in [1.82, 2.24) is 15.0 Å². The van der Waals surface area contributed by atoms with E-state index in [2.05, 4.69) is 15.0 Å². The minimum atomic E-state index is -0.184. The van der Waals surface area contributed by atoms with E-state index in [0.717, 1.165) is 5.56 Å². The number of H-pyrrole nitrogens is 1. The molecule has 0 fully saturated rings. The number of hydrogen-bond donors (Lipinski definition) is 1. The second-order valence-corrected chi connectivity index (χ2v) is 4.56. The molecule has 98 valence electrons. The smallest absolute Gasteiger partial charge is 0.251 e. The van der Waals surface area contributed by atoms with Crippen molar-refractivity contribution in [3.8, 4) is 22.8 Å². The van der Waals surface area contributed by atoms with Gasteiger partial charge in [0.1, 0.15) is 5.69 Å². The standard InChI is InChI=1S/C16H13N3O/c1-11-5-7-12(8-6-11)14-10-15(20)19-16(18-14)13-4-2-3-9-17-13/h2-10H,1H3,(H,18,19,20). The van der Waals surface area contributed by atoms with Crippen LogP contribution >= 0.6 is 0 Å². The third-order valence-electron chi connectivity index (χ3n) is 3.00. The largest absolute Gasteiger partial charge is 0.305 e. The number of aryl methyl sites for hydroxylation is 1. The summed E-state index contributed by atoms with van der Waals surface area (Å²) in [5, 5.41) is 0. The fourth-order valence-corrected chi connectivity index (χ4v) is 1.95. The van der Waals surface area contributed by atoms with Crippen molar-refractivity contribution in [2.75, 3.05) is 0 Å². The van der Waals surface area contributed by atoms with Gasteiger partial charge in [0.15, 0.2) is 5.82 Å². The average Bonchev–Trinajstić information content (AvgIpc) is 2.48. The second-order valence-electron chi connectivity index (χ2n) is 4.56. The summed E-state index contributed by atoms with van der Waals surface area (Å²) in [7, 11) is 0. The van der Waals surface area contributed by atoms with Gasteiger partial charge in [0.2, 0.25) is 0 Å². The maximum Gasteiger partial charge on any atom is 0.251 e. The van der Waals surface area contributed by atoms with Crippen LogP contribution in [0.1, 0.15) is 5.56 Å². The summed E-state index contributed by atoms with van der Waals surface area (Å²) < 4.78 is 0. The molecule has 0 aliphatic rings. The molecule has 4 heteroatoms. The summed E-state index contributed by atoms with van der Waals surface area (Å²) in [5.41, 5.74) is 3.20. The van der Waals surface area contributed by atoms with E-state index in [4.69, 9.17) is 0 Å². The summed E-state index contributed by atoms with van der Waals surface area (Å²) in [6.07, 6.45) is 1.67. The maximum atomic E-state index is 11.8. The Labute approximate surface area is 116 Å². The molecular formula is C16H13N3O. The molecule has 0 bridgehead atoms. The van der Waals surface area contributed by atoms with Crippen LogP contribution in [0.4, 0.5) is 0 Å². The molecule has 0 aliphatic carbocycles. The molecule has 3 rings (SSSR count). The Morgan fingerprint density at radius 1 is 1.00 bits per heavy atom. The van der Waals surface area contributed by atoms with E-state index in [9.17, 15) is 4.79 Å². The highest BCUT2D eigenvalue weighted by molar-refractivity contribution is 5.62. The number of aromatic amines is 1. The zero-order valence-electron chi connectivity index (χ0n) is 11.0.